The quantitative estimate of drug-likeness (QED) is 0.847. The average molecular weight is 357 g/mol. The molecule has 0 radical (unpaired) electrons. The molecule has 1 saturated carbocycles. The normalized spacial score (nSPS) is 19.4. The van der Waals surface area contributed by atoms with Crippen molar-refractivity contribution < 1.29 is 27.4 Å². The number of carbonyl (C=O) groups excluding carboxylic acids is 1. The van der Waals surface area contributed by atoms with Gasteiger partial charge in [0.2, 0.25) is 11.9 Å². The molecule has 1 aromatic heterocycles. The van der Waals surface area contributed by atoms with Crippen LogP contribution in [0.2, 0.25) is 0 Å². The van der Waals surface area contributed by atoms with Crippen LogP contribution in [0.3, 0.4) is 0 Å². The topological polar surface area (TPSA) is 91.2 Å². The van der Waals surface area contributed by atoms with Crippen LogP contribution in [-0.4, -0.2) is 38.8 Å². The molecule has 1 aromatic carbocycles. The minimum Gasteiger partial charge on any atom is -0.486 e. The van der Waals surface area contributed by atoms with Gasteiger partial charge in [0.25, 0.3) is 0 Å². The molecular weight excluding hydrogens is 343 g/mol. The summed E-state index contributed by atoms with van der Waals surface area (Å²) in [6.45, 7) is -3.05. The molecule has 0 bridgehead atoms. The average Bonchev–Trinajstić information content (AvgIpc) is 2.89. The molecule has 0 saturated heterocycles. The highest BCUT2D eigenvalue weighted by Crippen LogP contribution is 2.36. The van der Waals surface area contributed by atoms with Gasteiger partial charge in [-0.2, -0.15) is 8.78 Å². The van der Waals surface area contributed by atoms with E-state index in [4.69, 9.17) is 4.74 Å². The number of anilines is 1. The third kappa shape index (κ3) is 3.98. The van der Waals surface area contributed by atoms with Crippen molar-refractivity contribution in [1.82, 2.24) is 20.2 Å². The molecular formula is C14H14F3N5O3. The van der Waals surface area contributed by atoms with E-state index in [1.165, 1.54) is 4.68 Å². The molecule has 0 spiro atoms. The number of benzene rings is 1. The van der Waals surface area contributed by atoms with Gasteiger partial charge in [0.05, 0.1) is 0 Å². The summed E-state index contributed by atoms with van der Waals surface area (Å²) in [4.78, 5) is 12.1. The van der Waals surface area contributed by atoms with Gasteiger partial charge in [-0.3, -0.25) is 10.1 Å². The molecule has 1 N–H and O–H groups in total. The summed E-state index contributed by atoms with van der Waals surface area (Å²) < 4.78 is 49.1. The molecule has 3 rings (SSSR count). The second-order valence-corrected chi connectivity index (χ2v) is 5.49. The Morgan fingerprint density at radius 1 is 1.36 bits per heavy atom. The Kier molecular flexibility index (Phi) is 4.72. The van der Waals surface area contributed by atoms with E-state index in [1.54, 1.807) is 7.05 Å². The van der Waals surface area contributed by atoms with Gasteiger partial charge in [0, 0.05) is 19.0 Å². The van der Waals surface area contributed by atoms with Crippen molar-refractivity contribution in [1.29, 1.82) is 0 Å². The van der Waals surface area contributed by atoms with Crippen molar-refractivity contribution in [3.05, 3.63) is 24.0 Å². The molecule has 134 valence electrons. The number of tetrazole rings is 1. The third-order valence-corrected chi connectivity index (χ3v) is 3.74. The number of hydrogen-bond acceptors (Lipinski definition) is 6. The fourth-order valence-corrected chi connectivity index (χ4v) is 2.37. The van der Waals surface area contributed by atoms with E-state index in [0.717, 1.165) is 18.2 Å². The van der Waals surface area contributed by atoms with E-state index in [0.29, 0.717) is 12.8 Å². The number of rotatable bonds is 6. The van der Waals surface area contributed by atoms with Crippen molar-refractivity contribution in [3.63, 3.8) is 0 Å². The van der Waals surface area contributed by atoms with Crippen LogP contribution in [0, 0.1) is 11.7 Å². The largest absolute Gasteiger partial charge is 0.486 e. The Balaban J connectivity index is 1.56. The van der Waals surface area contributed by atoms with E-state index in [-0.39, 0.29) is 29.3 Å². The predicted octanol–water partition coefficient (Wildman–Crippen LogP) is 1.75. The van der Waals surface area contributed by atoms with Crippen LogP contribution in [-0.2, 0) is 11.8 Å². The van der Waals surface area contributed by atoms with E-state index < -0.39 is 18.5 Å². The lowest BCUT2D eigenvalue weighted by Crippen LogP contribution is -2.41. The standard InChI is InChI=1S/C14H14F3N5O3/c1-22-14(19-20-21-22)18-12(23)7-4-9(5-7)24-11-6-8(15)2-3-10(11)25-13(16)17/h2-3,6-7,9,13H,4-5H2,1H3,(H,18,19,21,23)/t7-,9-. The number of ether oxygens (including phenoxy) is 2. The Bertz CT molecular complexity index is 764. The first-order chi connectivity index (χ1) is 11.9. The van der Waals surface area contributed by atoms with Crippen LogP contribution in [0.25, 0.3) is 0 Å². The zero-order valence-electron chi connectivity index (χ0n) is 13.0. The number of alkyl halides is 2. The molecule has 2 aromatic rings. The number of amides is 1. The maximum Gasteiger partial charge on any atom is 0.387 e. The highest BCUT2D eigenvalue weighted by molar-refractivity contribution is 5.91. The molecule has 0 atom stereocenters. The Morgan fingerprint density at radius 3 is 2.76 bits per heavy atom. The second kappa shape index (κ2) is 6.95. The number of carbonyl (C=O) groups is 1. The first kappa shape index (κ1) is 17.0. The lowest BCUT2D eigenvalue weighted by Gasteiger charge is -2.34. The molecule has 1 amide bonds. The van der Waals surface area contributed by atoms with Crippen LogP contribution in [0.5, 0.6) is 11.5 Å². The van der Waals surface area contributed by atoms with E-state index in [2.05, 4.69) is 25.6 Å². The summed E-state index contributed by atoms with van der Waals surface area (Å²) >= 11 is 0. The Hall–Kier alpha value is -2.85. The van der Waals surface area contributed by atoms with E-state index in [1.807, 2.05) is 0 Å². The summed E-state index contributed by atoms with van der Waals surface area (Å²) in [5.41, 5.74) is 0. The summed E-state index contributed by atoms with van der Waals surface area (Å²) in [6, 6.07) is 3.04. The van der Waals surface area contributed by atoms with Gasteiger partial charge in [0.1, 0.15) is 11.9 Å². The number of nitrogens with zero attached hydrogens (tertiary/aromatic N) is 4. The summed E-state index contributed by atoms with van der Waals surface area (Å²) in [5.74, 6) is -1.42. The number of aromatic nitrogens is 4. The lowest BCUT2D eigenvalue weighted by molar-refractivity contribution is -0.125. The van der Waals surface area contributed by atoms with Crippen molar-refractivity contribution >= 4 is 11.9 Å². The first-order valence-electron chi connectivity index (χ1n) is 7.36. The molecule has 25 heavy (non-hydrogen) atoms. The van der Waals surface area contributed by atoms with Gasteiger partial charge < -0.3 is 9.47 Å². The van der Waals surface area contributed by atoms with Gasteiger partial charge >= 0.3 is 6.61 Å². The van der Waals surface area contributed by atoms with Crippen LogP contribution in [0.15, 0.2) is 18.2 Å². The summed E-state index contributed by atoms with van der Waals surface area (Å²) in [7, 11) is 1.58. The van der Waals surface area contributed by atoms with Gasteiger partial charge in [-0.25, -0.2) is 9.07 Å². The predicted molar refractivity (Wildman–Crippen MR) is 77.6 cm³/mol. The molecule has 8 nitrogen and oxygen atoms in total. The monoisotopic (exact) mass is 357 g/mol. The smallest absolute Gasteiger partial charge is 0.387 e. The first-order valence-corrected chi connectivity index (χ1v) is 7.36. The lowest BCUT2D eigenvalue weighted by atomic mass is 9.81. The van der Waals surface area contributed by atoms with Crippen LogP contribution < -0.4 is 14.8 Å². The van der Waals surface area contributed by atoms with Crippen LogP contribution in [0.4, 0.5) is 19.1 Å². The van der Waals surface area contributed by atoms with Gasteiger partial charge in [0.15, 0.2) is 11.5 Å². The third-order valence-electron chi connectivity index (χ3n) is 3.74. The number of hydrogen-bond donors (Lipinski definition) is 1. The number of nitrogens with one attached hydrogen (secondary N) is 1. The minimum atomic E-state index is -3.05. The van der Waals surface area contributed by atoms with Gasteiger partial charge in [-0.15, -0.1) is 0 Å². The molecule has 1 fully saturated rings. The maximum absolute atomic E-state index is 13.3. The fourth-order valence-electron chi connectivity index (χ4n) is 2.37. The summed E-state index contributed by atoms with van der Waals surface area (Å²) in [5, 5.41) is 13.2. The zero-order chi connectivity index (χ0) is 18.0. The number of aryl methyl sites for hydroxylation is 1. The SMILES string of the molecule is Cn1nnnc1NC(=O)[C@H]1C[C@H](Oc2cc(F)ccc2OC(F)F)C1. The molecule has 0 unspecified atom stereocenters. The Labute approximate surface area is 139 Å². The van der Waals surface area contributed by atoms with Crippen molar-refractivity contribution in [3.8, 4) is 11.5 Å². The second-order valence-electron chi connectivity index (χ2n) is 5.49. The van der Waals surface area contributed by atoms with Crippen LogP contribution in [0.1, 0.15) is 12.8 Å². The fraction of sp³-hybridized carbons (Fsp3) is 0.429. The van der Waals surface area contributed by atoms with Crippen molar-refractivity contribution in [2.45, 2.75) is 25.6 Å². The minimum absolute atomic E-state index is 0.123. The Morgan fingerprint density at radius 2 is 2.12 bits per heavy atom. The number of halogens is 3. The highest BCUT2D eigenvalue weighted by atomic mass is 19.3. The highest BCUT2D eigenvalue weighted by Gasteiger charge is 2.37. The van der Waals surface area contributed by atoms with Crippen LogP contribution >= 0.6 is 0 Å². The molecule has 1 heterocycles. The van der Waals surface area contributed by atoms with E-state index in [9.17, 15) is 18.0 Å². The van der Waals surface area contributed by atoms with Gasteiger partial charge in [-0.1, -0.05) is 5.10 Å². The van der Waals surface area contributed by atoms with Crippen molar-refractivity contribution in [2.75, 3.05) is 5.32 Å². The molecule has 1 aliphatic carbocycles. The zero-order valence-corrected chi connectivity index (χ0v) is 13.0. The summed E-state index contributed by atoms with van der Waals surface area (Å²) in [6.07, 6.45) is 0.291. The molecule has 0 aliphatic heterocycles. The molecule has 11 heteroatoms. The maximum atomic E-state index is 13.3. The molecule has 1 aliphatic rings. The van der Waals surface area contributed by atoms with Gasteiger partial charge in [-0.05, 0) is 35.4 Å². The van der Waals surface area contributed by atoms with E-state index >= 15 is 0 Å². The van der Waals surface area contributed by atoms with Crippen molar-refractivity contribution in [2.24, 2.45) is 13.0 Å².